The van der Waals surface area contributed by atoms with Crippen molar-refractivity contribution in [3.8, 4) is 6.07 Å². The van der Waals surface area contributed by atoms with Crippen LogP contribution in [0.3, 0.4) is 0 Å². The summed E-state index contributed by atoms with van der Waals surface area (Å²) < 4.78 is 23.8. The third-order valence-electron chi connectivity index (χ3n) is 4.41. The van der Waals surface area contributed by atoms with Gasteiger partial charge in [0.05, 0.1) is 22.9 Å². The van der Waals surface area contributed by atoms with Crippen molar-refractivity contribution in [3.63, 3.8) is 0 Å². The molecule has 2 fully saturated rings. The Balaban J connectivity index is 2.10. The van der Waals surface area contributed by atoms with Crippen molar-refractivity contribution in [3.05, 3.63) is 35.2 Å². The van der Waals surface area contributed by atoms with Gasteiger partial charge in [0.1, 0.15) is 4.75 Å². The maximum atomic E-state index is 12.7. The lowest BCUT2D eigenvalue weighted by Gasteiger charge is -2.37. The molecule has 2 aliphatic heterocycles. The van der Waals surface area contributed by atoms with Crippen molar-refractivity contribution in [2.45, 2.75) is 30.0 Å². The molecule has 0 radical (unpaired) electrons. The zero-order valence-corrected chi connectivity index (χ0v) is 13.6. The monoisotopic (exact) mass is 347 g/mol. The van der Waals surface area contributed by atoms with E-state index in [0.717, 1.165) is 4.90 Å². The molecule has 2 aliphatic rings. The minimum atomic E-state index is -3.91. The van der Waals surface area contributed by atoms with Crippen molar-refractivity contribution >= 4 is 27.8 Å². The van der Waals surface area contributed by atoms with E-state index in [2.05, 4.69) is 4.98 Å². The van der Waals surface area contributed by atoms with E-state index in [4.69, 9.17) is 5.26 Å². The first-order valence-electron chi connectivity index (χ1n) is 6.99. The summed E-state index contributed by atoms with van der Waals surface area (Å²) in [5, 5.41) is 16.9. The number of carboxylic acid groups (broad SMARTS) is 1. The highest BCUT2D eigenvalue weighted by Crippen LogP contribution is 2.48. The molecule has 1 amide bonds. The van der Waals surface area contributed by atoms with Gasteiger partial charge in [0, 0.05) is 6.20 Å². The molecule has 0 aliphatic carbocycles. The minimum Gasteiger partial charge on any atom is -0.480 e. The van der Waals surface area contributed by atoms with Gasteiger partial charge in [-0.25, -0.2) is 13.2 Å². The van der Waals surface area contributed by atoms with Crippen LogP contribution < -0.4 is 0 Å². The highest BCUT2D eigenvalue weighted by atomic mass is 32.2. The van der Waals surface area contributed by atoms with Gasteiger partial charge < -0.3 is 10.0 Å². The first kappa shape index (κ1) is 16.1. The van der Waals surface area contributed by atoms with E-state index in [9.17, 15) is 23.1 Å². The molecule has 0 aromatic carbocycles. The molecule has 1 N–H and O–H groups in total. The molecule has 0 unspecified atom stereocenters. The van der Waals surface area contributed by atoms with Gasteiger partial charge >= 0.3 is 5.97 Å². The van der Waals surface area contributed by atoms with E-state index in [1.54, 1.807) is 0 Å². The Kier molecular flexibility index (Phi) is 3.28. The number of sulfone groups is 1. The van der Waals surface area contributed by atoms with Crippen LogP contribution in [0.2, 0.25) is 0 Å². The maximum Gasteiger partial charge on any atom is 0.328 e. The van der Waals surface area contributed by atoms with Gasteiger partial charge in [-0.1, -0.05) is 0 Å². The number of fused-ring (bicyclic) bond motifs is 1. The fourth-order valence-corrected chi connectivity index (χ4v) is 5.22. The van der Waals surface area contributed by atoms with Crippen LogP contribution in [0, 0.1) is 11.3 Å². The third-order valence-corrected chi connectivity index (χ3v) is 7.17. The second-order valence-electron chi connectivity index (χ2n) is 6.13. The fourth-order valence-electron chi connectivity index (χ4n) is 3.10. The molecular formula is C15H13N3O5S. The number of nitrogens with zero attached hydrogens (tertiary/aromatic N) is 3. The molecule has 0 spiro atoms. The molecule has 3 rings (SSSR count). The number of hydrogen-bond donors (Lipinski definition) is 1. The van der Waals surface area contributed by atoms with Gasteiger partial charge in [-0.2, -0.15) is 5.26 Å². The number of carbonyl (C=O) groups excluding carboxylic acids is 1. The molecule has 2 atom stereocenters. The zero-order valence-electron chi connectivity index (χ0n) is 12.8. The van der Waals surface area contributed by atoms with Crippen LogP contribution in [-0.2, 0) is 19.4 Å². The predicted molar refractivity (Wildman–Crippen MR) is 82.0 cm³/mol. The van der Waals surface area contributed by atoms with Crippen molar-refractivity contribution in [2.24, 2.45) is 0 Å². The molecule has 2 saturated heterocycles. The summed E-state index contributed by atoms with van der Waals surface area (Å²) >= 11 is 0. The quantitative estimate of drug-likeness (QED) is 0.596. The molecule has 24 heavy (non-hydrogen) atoms. The van der Waals surface area contributed by atoms with Gasteiger partial charge in [-0.15, -0.1) is 0 Å². The summed E-state index contributed by atoms with van der Waals surface area (Å²) in [5.41, 5.74) is 0.553. The van der Waals surface area contributed by atoms with Crippen LogP contribution in [0.4, 0.5) is 0 Å². The number of aromatic nitrogens is 1. The molecule has 124 valence electrons. The Labute approximate surface area is 137 Å². The second-order valence-corrected chi connectivity index (χ2v) is 8.72. The number of nitriles is 1. The minimum absolute atomic E-state index is 0.0329. The number of carboxylic acids is 1. The Morgan fingerprint density at radius 3 is 2.75 bits per heavy atom. The number of carbonyl (C=O) groups is 2. The van der Waals surface area contributed by atoms with Crippen LogP contribution in [0.25, 0.3) is 6.08 Å². The van der Waals surface area contributed by atoms with Crippen molar-refractivity contribution in [1.82, 2.24) is 9.88 Å². The lowest BCUT2D eigenvalue weighted by Crippen LogP contribution is -2.58. The topological polar surface area (TPSA) is 128 Å². The summed E-state index contributed by atoms with van der Waals surface area (Å²) in [6, 6.07) is 3.39. The lowest BCUT2D eigenvalue weighted by molar-refractivity contribution is -0.152. The number of pyridine rings is 1. The van der Waals surface area contributed by atoms with E-state index in [1.807, 2.05) is 6.07 Å². The van der Waals surface area contributed by atoms with Crippen LogP contribution in [0.1, 0.15) is 25.1 Å². The maximum absolute atomic E-state index is 12.7. The summed E-state index contributed by atoms with van der Waals surface area (Å²) in [4.78, 5) is 28.7. The number of hydrogen-bond acceptors (Lipinski definition) is 6. The number of amides is 1. The largest absolute Gasteiger partial charge is 0.480 e. The van der Waals surface area contributed by atoms with Crippen LogP contribution >= 0.6 is 0 Å². The predicted octanol–water partition coefficient (Wildman–Crippen LogP) is 0.165. The second kappa shape index (κ2) is 4.88. The highest BCUT2D eigenvalue weighted by molar-refractivity contribution is 7.94. The molecule has 0 bridgehead atoms. The Morgan fingerprint density at radius 2 is 2.17 bits per heavy atom. The lowest BCUT2D eigenvalue weighted by atomic mass is 9.95. The first-order valence-corrected chi connectivity index (χ1v) is 8.54. The third kappa shape index (κ3) is 1.89. The number of β-lactam (4-membered cyclic amide) rings is 1. The van der Waals surface area contributed by atoms with Crippen LogP contribution in [0.5, 0.6) is 0 Å². The Morgan fingerprint density at radius 1 is 1.50 bits per heavy atom. The standard InChI is InChI=1S/C15H13N3O5S/c1-15(2)11(14(20)21)18-12(19)10(13(18)24(15,22)23)6-9-5-8(7-16)3-4-17-9/h3-6,11,13H,1-2H3,(H,20,21)/t11-,13+/m0/s1. The average Bonchev–Trinajstić information content (AvgIpc) is 2.66. The van der Waals surface area contributed by atoms with Gasteiger partial charge in [-0.05, 0) is 32.1 Å². The summed E-state index contributed by atoms with van der Waals surface area (Å²) in [5.74, 6) is -2.01. The highest BCUT2D eigenvalue weighted by Gasteiger charge is 2.70. The molecule has 1 aromatic rings. The summed E-state index contributed by atoms with van der Waals surface area (Å²) in [7, 11) is -3.91. The van der Waals surface area contributed by atoms with E-state index in [-0.39, 0.29) is 11.3 Å². The van der Waals surface area contributed by atoms with E-state index >= 15 is 0 Å². The SMILES string of the molecule is CC1(C)[C@H](C(=O)O)N2C(=O)C(=Cc3cc(C#N)ccn3)[C@H]2S1(=O)=O. The van der Waals surface area contributed by atoms with Gasteiger partial charge in [0.25, 0.3) is 5.91 Å². The van der Waals surface area contributed by atoms with Gasteiger partial charge in [-0.3, -0.25) is 9.78 Å². The van der Waals surface area contributed by atoms with Crippen molar-refractivity contribution < 1.29 is 23.1 Å². The first-order chi connectivity index (χ1) is 11.1. The Hall–Kier alpha value is -2.73. The average molecular weight is 347 g/mol. The summed E-state index contributed by atoms with van der Waals surface area (Å²) in [6.45, 7) is 2.61. The fraction of sp³-hybridized carbons (Fsp3) is 0.333. The molecule has 1 aromatic heterocycles. The Bertz CT molecular complexity index is 942. The molecule has 0 saturated carbocycles. The van der Waals surface area contributed by atoms with Crippen molar-refractivity contribution in [2.75, 3.05) is 0 Å². The molecule has 3 heterocycles. The molecule has 8 nitrogen and oxygen atoms in total. The number of aliphatic carboxylic acids is 1. The smallest absolute Gasteiger partial charge is 0.328 e. The van der Waals surface area contributed by atoms with E-state index < -0.39 is 37.9 Å². The van der Waals surface area contributed by atoms with Gasteiger partial charge in [0.15, 0.2) is 21.3 Å². The van der Waals surface area contributed by atoms with Crippen LogP contribution in [-0.4, -0.2) is 51.4 Å². The molecule has 9 heteroatoms. The molecular weight excluding hydrogens is 334 g/mol. The van der Waals surface area contributed by atoms with Gasteiger partial charge in [0.2, 0.25) is 0 Å². The normalized spacial score (nSPS) is 28.1. The van der Waals surface area contributed by atoms with E-state index in [0.29, 0.717) is 5.56 Å². The summed E-state index contributed by atoms with van der Waals surface area (Å²) in [6.07, 6.45) is 2.67. The van der Waals surface area contributed by atoms with Crippen LogP contribution in [0.15, 0.2) is 23.9 Å². The van der Waals surface area contributed by atoms with Crippen molar-refractivity contribution in [1.29, 1.82) is 5.26 Å². The zero-order chi connectivity index (χ0) is 17.9. The number of rotatable bonds is 2. The van der Waals surface area contributed by atoms with E-state index in [1.165, 1.54) is 38.3 Å².